The average molecular weight is 180 g/mol. The molecule has 0 aromatic heterocycles. The zero-order valence-electron chi connectivity index (χ0n) is 8.47. The number of piperidine rings is 1. The van der Waals surface area contributed by atoms with Crippen molar-refractivity contribution in [1.82, 2.24) is 10.6 Å². The first-order valence-electron chi connectivity index (χ1n) is 5.20. The molecule has 1 fully saturated rings. The molecule has 0 spiro atoms. The van der Waals surface area contributed by atoms with Crippen LogP contribution in [-0.4, -0.2) is 25.7 Å². The zero-order valence-corrected chi connectivity index (χ0v) is 8.47. The Morgan fingerprint density at radius 2 is 2.23 bits per heavy atom. The zero-order chi connectivity index (χ0) is 9.52. The molecule has 2 heteroatoms. The van der Waals surface area contributed by atoms with Gasteiger partial charge in [-0.2, -0.15) is 0 Å². The van der Waals surface area contributed by atoms with E-state index in [0.717, 1.165) is 18.9 Å². The maximum atomic E-state index is 5.24. The summed E-state index contributed by atoms with van der Waals surface area (Å²) in [6.45, 7) is 5.64. The van der Waals surface area contributed by atoms with Gasteiger partial charge in [-0.3, -0.25) is 0 Å². The molecule has 2 nitrogen and oxygen atoms in total. The van der Waals surface area contributed by atoms with Gasteiger partial charge >= 0.3 is 0 Å². The summed E-state index contributed by atoms with van der Waals surface area (Å²) < 4.78 is 0. The first-order chi connectivity index (χ1) is 6.33. The second kappa shape index (κ2) is 6.01. The van der Waals surface area contributed by atoms with Crippen LogP contribution >= 0.6 is 0 Å². The quantitative estimate of drug-likeness (QED) is 0.630. The Labute approximate surface area is 81.5 Å². The predicted molar refractivity (Wildman–Crippen MR) is 56.5 cm³/mol. The summed E-state index contributed by atoms with van der Waals surface area (Å²) in [7, 11) is 0. The fourth-order valence-electron chi connectivity index (χ4n) is 1.70. The molecule has 74 valence electrons. The topological polar surface area (TPSA) is 24.1 Å². The maximum Gasteiger partial charge on any atom is 0.0238 e. The summed E-state index contributed by atoms with van der Waals surface area (Å²) in [5, 5.41) is 6.85. The molecule has 0 radical (unpaired) electrons. The molecule has 1 saturated heterocycles. The highest BCUT2D eigenvalue weighted by atomic mass is 14.9. The summed E-state index contributed by atoms with van der Waals surface area (Å²) in [6, 6.07) is 0.472. The second-order valence-electron chi connectivity index (χ2n) is 3.91. The molecular formula is C11H20N2. The van der Waals surface area contributed by atoms with Crippen molar-refractivity contribution in [2.24, 2.45) is 5.92 Å². The first kappa shape index (κ1) is 10.6. The van der Waals surface area contributed by atoms with Gasteiger partial charge in [-0.15, -0.1) is 12.3 Å². The van der Waals surface area contributed by atoms with Crippen LogP contribution in [0.1, 0.15) is 26.2 Å². The average Bonchev–Trinajstić information content (AvgIpc) is 2.17. The molecule has 0 aliphatic carbocycles. The van der Waals surface area contributed by atoms with E-state index in [1.807, 2.05) is 0 Å². The van der Waals surface area contributed by atoms with Crippen LogP contribution in [0.15, 0.2) is 0 Å². The smallest absolute Gasteiger partial charge is 0.0238 e. The fraction of sp³-hybridized carbons (Fsp3) is 0.818. The van der Waals surface area contributed by atoms with Gasteiger partial charge in [0.1, 0.15) is 0 Å². The van der Waals surface area contributed by atoms with Crippen molar-refractivity contribution in [2.45, 2.75) is 32.2 Å². The van der Waals surface area contributed by atoms with E-state index < -0.39 is 0 Å². The summed E-state index contributed by atoms with van der Waals surface area (Å²) in [5.41, 5.74) is 0. The molecule has 1 atom stereocenters. The SMILES string of the molecule is C#CCC(C)NCC1CCNCC1. The summed E-state index contributed by atoms with van der Waals surface area (Å²) >= 11 is 0. The second-order valence-corrected chi connectivity index (χ2v) is 3.91. The predicted octanol–water partition coefficient (Wildman–Crippen LogP) is 0.987. The Morgan fingerprint density at radius 1 is 1.54 bits per heavy atom. The highest BCUT2D eigenvalue weighted by Gasteiger charge is 2.12. The van der Waals surface area contributed by atoms with E-state index in [1.54, 1.807) is 0 Å². The molecule has 1 aliphatic heterocycles. The van der Waals surface area contributed by atoms with Crippen molar-refractivity contribution in [3.05, 3.63) is 0 Å². The largest absolute Gasteiger partial charge is 0.317 e. The standard InChI is InChI=1S/C11H20N2/c1-3-4-10(2)13-9-11-5-7-12-8-6-11/h1,10-13H,4-9H2,2H3. The van der Waals surface area contributed by atoms with Gasteiger partial charge < -0.3 is 10.6 Å². The number of hydrogen-bond acceptors (Lipinski definition) is 2. The number of hydrogen-bond donors (Lipinski definition) is 2. The van der Waals surface area contributed by atoms with Gasteiger partial charge in [0.15, 0.2) is 0 Å². The van der Waals surface area contributed by atoms with Crippen molar-refractivity contribution in [2.75, 3.05) is 19.6 Å². The number of terminal acetylenes is 1. The minimum atomic E-state index is 0.472. The van der Waals surface area contributed by atoms with Crippen molar-refractivity contribution in [1.29, 1.82) is 0 Å². The van der Waals surface area contributed by atoms with Crippen LogP contribution in [0.2, 0.25) is 0 Å². The molecule has 1 heterocycles. The van der Waals surface area contributed by atoms with Gasteiger partial charge in [0, 0.05) is 12.5 Å². The van der Waals surface area contributed by atoms with E-state index in [2.05, 4.69) is 23.5 Å². The molecule has 0 aromatic carbocycles. The molecule has 1 rings (SSSR count). The third-order valence-electron chi connectivity index (χ3n) is 2.64. The molecule has 0 aromatic rings. The molecule has 1 aliphatic rings. The van der Waals surface area contributed by atoms with Gasteiger partial charge in [0.25, 0.3) is 0 Å². The van der Waals surface area contributed by atoms with Gasteiger partial charge in [-0.1, -0.05) is 0 Å². The van der Waals surface area contributed by atoms with Crippen LogP contribution in [0.4, 0.5) is 0 Å². The molecule has 2 N–H and O–H groups in total. The van der Waals surface area contributed by atoms with Gasteiger partial charge in [0.05, 0.1) is 0 Å². The number of nitrogens with one attached hydrogen (secondary N) is 2. The van der Waals surface area contributed by atoms with Crippen molar-refractivity contribution in [3.8, 4) is 12.3 Å². The monoisotopic (exact) mass is 180 g/mol. The summed E-state index contributed by atoms with van der Waals surface area (Å²) in [4.78, 5) is 0. The Morgan fingerprint density at radius 3 is 2.85 bits per heavy atom. The van der Waals surface area contributed by atoms with Crippen LogP contribution in [0.5, 0.6) is 0 Å². The van der Waals surface area contributed by atoms with Crippen molar-refractivity contribution < 1.29 is 0 Å². The third kappa shape index (κ3) is 4.31. The lowest BCUT2D eigenvalue weighted by Crippen LogP contribution is -2.36. The van der Waals surface area contributed by atoms with Crippen molar-refractivity contribution in [3.63, 3.8) is 0 Å². The molecular weight excluding hydrogens is 160 g/mol. The number of rotatable bonds is 4. The molecule has 0 amide bonds. The fourth-order valence-corrected chi connectivity index (χ4v) is 1.70. The van der Waals surface area contributed by atoms with E-state index in [4.69, 9.17) is 6.42 Å². The third-order valence-corrected chi connectivity index (χ3v) is 2.64. The van der Waals surface area contributed by atoms with Gasteiger partial charge in [0.2, 0.25) is 0 Å². The lowest BCUT2D eigenvalue weighted by Gasteiger charge is -2.24. The lowest BCUT2D eigenvalue weighted by molar-refractivity contribution is 0.344. The minimum Gasteiger partial charge on any atom is -0.317 e. The highest BCUT2D eigenvalue weighted by molar-refractivity contribution is 4.88. The summed E-state index contributed by atoms with van der Waals surface area (Å²) in [6.07, 6.45) is 8.68. The summed E-state index contributed by atoms with van der Waals surface area (Å²) in [5.74, 6) is 3.53. The van der Waals surface area contributed by atoms with E-state index in [1.165, 1.54) is 25.9 Å². The van der Waals surface area contributed by atoms with Gasteiger partial charge in [-0.25, -0.2) is 0 Å². The Hall–Kier alpha value is -0.520. The molecule has 0 saturated carbocycles. The first-order valence-corrected chi connectivity index (χ1v) is 5.20. The Balaban J connectivity index is 2.07. The van der Waals surface area contributed by atoms with Crippen LogP contribution in [0.3, 0.4) is 0 Å². The maximum absolute atomic E-state index is 5.24. The Bertz CT molecular complexity index is 165. The van der Waals surface area contributed by atoms with Gasteiger partial charge in [-0.05, 0) is 45.3 Å². The highest BCUT2D eigenvalue weighted by Crippen LogP contribution is 2.10. The lowest BCUT2D eigenvalue weighted by atomic mass is 9.98. The van der Waals surface area contributed by atoms with Crippen LogP contribution < -0.4 is 10.6 Å². The normalized spacial score (nSPS) is 20.9. The van der Waals surface area contributed by atoms with Crippen LogP contribution in [0, 0.1) is 18.3 Å². The molecule has 13 heavy (non-hydrogen) atoms. The van der Waals surface area contributed by atoms with E-state index in [0.29, 0.717) is 6.04 Å². The van der Waals surface area contributed by atoms with Crippen LogP contribution in [-0.2, 0) is 0 Å². The minimum absolute atomic E-state index is 0.472. The Kier molecular flexibility index (Phi) is 4.88. The van der Waals surface area contributed by atoms with E-state index in [-0.39, 0.29) is 0 Å². The van der Waals surface area contributed by atoms with E-state index >= 15 is 0 Å². The molecule has 1 unspecified atom stereocenters. The van der Waals surface area contributed by atoms with E-state index in [9.17, 15) is 0 Å². The van der Waals surface area contributed by atoms with Crippen molar-refractivity contribution >= 4 is 0 Å². The molecule has 0 bridgehead atoms. The van der Waals surface area contributed by atoms with Crippen LogP contribution in [0.25, 0.3) is 0 Å².